The number of hydrogen-bond donors (Lipinski definition) is 1. The average molecular weight is 434 g/mol. The summed E-state index contributed by atoms with van der Waals surface area (Å²) >= 11 is 5.66. The Morgan fingerprint density at radius 2 is 2.16 bits per heavy atom. The zero-order valence-corrected chi connectivity index (χ0v) is 13.6. The van der Waals surface area contributed by atoms with E-state index in [0.29, 0.717) is 5.82 Å². The Morgan fingerprint density at radius 1 is 1.37 bits per heavy atom. The number of nitrogens with zero attached hydrogens (tertiary/aromatic N) is 2. The molecular formula is C12H9BrIN3O2. The molecule has 98 valence electrons. The van der Waals surface area contributed by atoms with E-state index < -0.39 is 5.97 Å². The van der Waals surface area contributed by atoms with E-state index in [1.54, 1.807) is 0 Å². The Kier molecular flexibility index (Phi) is 4.70. The number of methoxy groups -OCH3 is 1. The maximum atomic E-state index is 11.2. The van der Waals surface area contributed by atoms with E-state index in [4.69, 9.17) is 0 Å². The molecule has 5 nitrogen and oxygen atoms in total. The monoisotopic (exact) mass is 433 g/mol. The lowest BCUT2D eigenvalue weighted by molar-refractivity contribution is 0.0593. The molecule has 0 aliphatic heterocycles. The summed E-state index contributed by atoms with van der Waals surface area (Å²) in [7, 11) is 1.31. The second-order valence-corrected chi connectivity index (χ2v) is 5.55. The van der Waals surface area contributed by atoms with Crippen LogP contribution < -0.4 is 5.32 Å². The van der Waals surface area contributed by atoms with Crippen LogP contribution in [0.15, 0.2) is 35.1 Å². The molecule has 0 atom stereocenters. The number of carbonyl (C=O) groups excluding carboxylic acids is 1. The SMILES string of the molecule is COC(=O)c1cnc(Nc2ccc(Br)c(I)c2)cn1. The fourth-order valence-electron chi connectivity index (χ4n) is 1.32. The Labute approximate surface area is 132 Å². The van der Waals surface area contributed by atoms with Crippen LogP contribution in [0.2, 0.25) is 0 Å². The van der Waals surface area contributed by atoms with Crippen LogP contribution in [0.25, 0.3) is 0 Å². The number of ether oxygens (including phenoxy) is 1. The summed E-state index contributed by atoms with van der Waals surface area (Å²) in [5.41, 5.74) is 1.08. The molecule has 2 rings (SSSR count). The van der Waals surface area contributed by atoms with Gasteiger partial charge < -0.3 is 10.1 Å². The number of benzene rings is 1. The molecule has 1 N–H and O–H groups in total. The van der Waals surface area contributed by atoms with E-state index in [1.807, 2.05) is 18.2 Å². The van der Waals surface area contributed by atoms with Crippen molar-refractivity contribution in [2.24, 2.45) is 0 Å². The second-order valence-electron chi connectivity index (χ2n) is 3.53. The maximum Gasteiger partial charge on any atom is 0.358 e. The highest BCUT2D eigenvalue weighted by molar-refractivity contribution is 14.1. The van der Waals surface area contributed by atoms with E-state index in [-0.39, 0.29) is 5.69 Å². The van der Waals surface area contributed by atoms with Crippen molar-refractivity contribution in [3.8, 4) is 0 Å². The van der Waals surface area contributed by atoms with Crippen LogP contribution in [0.4, 0.5) is 11.5 Å². The lowest BCUT2D eigenvalue weighted by atomic mass is 10.3. The second kappa shape index (κ2) is 6.29. The third-order valence-corrected chi connectivity index (χ3v) is 4.56. The van der Waals surface area contributed by atoms with Gasteiger partial charge in [-0.3, -0.25) is 0 Å². The molecule has 0 radical (unpaired) electrons. The summed E-state index contributed by atoms with van der Waals surface area (Å²) in [4.78, 5) is 19.3. The molecule has 0 spiro atoms. The van der Waals surface area contributed by atoms with Crippen LogP contribution in [0.3, 0.4) is 0 Å². The zero-order chi connectivity index (χ0) is 13.8. The molecule has 1 aromatic carbocycles. The number of rotatable bonds is 3. The first-order valence-corrected chi connectivity index (χ1v) is 7.10. The predicted octanol–water partition coefficient (Wildman–Crippen LogP) is 3.37. The summed E-state index contributed by atoms with van der Waals surface area (Å²) in [6.07, 6.45) is 2.86. The molecule has 1 heterocycles. The van der Waals surface area contributed by atoms with Crippen LogP contribution in [-0.2, 0) is 4.74 Å². The van der Waals surface area contributed by atoms with Gasteiger partial charge in [0.15, 0.2) is 5.69 Å². The molecular weight excluding hydrogens is 425 g/mol. The van der Waals surface area contributed by atoms with Gasteiger partial charge in [0, 0.05) is 13.7 Å². The topological polar surface area (TPSA) is 64.1 Å². The lowest BCUT2D eigenvalue weighted by Crippen LogP contribution is -2.05. The fourth-order valence-corrected chi connectivity index (χ4v) is 2.09. The summed E-state index contributed by atoms with van der Waals surface area (Å²) in [5.74, 6) is 0.0583. The van der Waals surface area contributed by atoms with E-state index in [1.165, 1.54) is 19.5 Å². The molecule has 0 saturated carbocycles. The van der Waals surface area contributed by atoms with E-state index in [9.17, 15) is 4.79 Å². The molecule has 0 bridgehead atoms. The summed E-state index contributed by atoms with van der Waals surface area (Å²) in [6, 6.07) is 5.84. The number of halogens is 2. The van der Waals surface area contributed by atoms with Gasteiger partial charge in [0.05, 0.1) is 19.5 Å². The fraction of sp³-hybridized carbons (Fsp3) is 0.0833. The minimum Gasteiger partial charge on any atom is -0.464 e. The van der Waals surface area contributed by atoms with Crippen LogP contribution in [0.5, 0.6) is 0 Å². The van der Waals surface area contributed by atoms with Gasteiger partial charge in [0.1, 0.15) is 5.82 Å². The van der Waals surface area contributed by atoms with Gasteiger partial charge in [0.25, 0.3) is 0 Å². The molecule has 0 aliphatic carbocycles. The van der Waals surface area contributed by atoms with Crippen molar-refractivity contribution in [2.45, 2.75) is 0 Å². The lowest BCUT2D eigenvalue weighted by Gasteiger charge is -2.06. The zero-order valence-electron chi connectivity index (χ0n) is 9.85. The van der Waals surface area contributed by atoms with Gasteiger partial charge in [-0.25, -0.2) is 14.8 Å². The van der Waals surface area contributed by atoms with Crippen molar-refractivity contribution in [3.05, 3.63) is 44.3 Å². The molecule has 19 heavy (non-hydrogen) atoms. The maximum absolute atomic E-state index is 11.2. The normalized spacial score (nSPS) is 10.1. The van der Waals surface area contributed by atoms with Crippen molar-refractivity contribution in [2.75, 3.05) is 12.4 Å². The summed E-state index contributed by atoms with van der Waals surface area (Å²) in [6.45, 7) is 0. The Balaban J connectivity index is 2.15. The van der Waals surface area contributed by atoms with Crippen molar-refractivity contribution < 1.29 is 9.53 Å². The van der Waals surface area contributed by atoms with Gasteiger partial charge in [-0.05, 0) is 56.7 Å². The molecule has 0 aliphatic rings. The highest BCUT2D eigenvalue weighted by atomic mass is 127. The third kappa shape index (κ3) is 3.63. The van der Waals surface area contributed by atoms with Gasteiger partial charge in [-0.15, -0.1) is 0 Å². The van der Waals surface area contributed by atoms with Gasteiger partial charge in [-0.1, -0.05) is 0 Å². The van der Waals surface area contributed by atoms with Crippen LogP contribution in [0, 0.1) is 3.57 Å². The number of anilines is 2. The molecule has 1 aromatic heterocycles. The predicted molar refractivity (Wildman–Crippen MR) is 83.5 cm³/mol. The largest absolute Gasteiger partial charge is 0.464 e. The number of carbonyl (C=O) groups is 1. The molecule has 2 aromatic rings. The number of hydrogen-bond acceptors (Lipinski definition) is 5. The molecule has 0 amide bonds. The highest BCUT2D eigenvalue weighted by Gasteiger charge is 2.07. The summed E-state index contributed by atoms with van der Waals surface area (Å²) in [5, 5.41) is 3.10. The van der Waals surface area contributed by atoms with Crippen molar-refractivity contribution in [1.82, 2.24) is 9.97 Å². The minimum absolute atomic E-state index is 0.179. The molecule has 7 heteroatoms. The first-order valence-electron chi connectivity index (χ1n) is 5.22. The third-order valence-electron chi connectivity index (χ3n) is 2.24. The average Bonchev–Trinajstić information content (AvgIpc) is 2.43. The minimum atomic E-state index is -0.503. The number of esters is 1. The van der Waals surface area contributed by atoms with Crippen molar-refractivity contribution in [3.63, 3.8) is 0 Å². The Hall–Kier alpha value is -1.22. The van der Waals surface area contributed by atoms with Gasteiger partial charge in [-0.2, -0.15) is 0 Å². The van der Waals surface area contributed by atoms with Gasteiger partial charge >= 0.3 is 5.97 Å². The number of aromatic nitrogens is 2. The Bertz CT molecular complexity index is 604. The highest BCUT2D eigenvalue weighted by Crippen LogP contribution is 2.24. The molecule has 0 saturated heterocycles. The van der Waals surface area contributed by atoms with Crippen LogP contribution in [-0.4, -0.2) is 23.0 Å². The van der Waals surface area contributed by atoms with Crippen LogP contribution >= 0.6 is 38.5 Å². The van der Waals surface area contributed by atoms with E-state index >= 15 is 0 Å². The van der Waals surface area contributed by atoms with Crippen molar-refractivity contribution >= 4 is 56.0 Å². The van der Waals surface area contributed by atoms with E-state index in [0.717, 1.165) is 13.7 Å². The van der Waals surface area contributed by atoms with E-state index in [2.05, 4.69) is 58.5 Å². The summed E-state index contributed by atoms with van der Waals surface area (Å²) < 4.78 is 6.67. The molecule has 0 unspecified atom stereocenters. The molecule has 0 fully saturated rings. The van der Waals surface area contributed by atoms with Crippen LogP contribution in [0.1, 0.15) is 10.5 Å². The smallest absolute Gasteiger partial charge is 0.358 e. The van der Waals surface area contributed by atoms with Gasteiger partial charge in [0.2, 0.25) is 0 Å². The standard InChI is InChI=1S/C12H9BrIN3O2/c1-19-12(18)10-5-16-11(6-15-10)17-7-2-3-8(13)9(14)4-7/h2-6H,1H3,(H,16,17). The first kappa shape index (κ1) is 14.2. The quantitative estimate of drug-likeness (QED) is 0.593. The number of nitrogens with one attached hydrogen (secondary N) is 1. The Morgan fingerprint density at radius 3 is 2.74 bits per heavy atom. The van der Waals surface area contributed by atoms with Crippen molar-refractivity contribution in [1.29, 1.82) is 0 Å². The first-order chi connectivity index (χ1) is 9.10.